The van der Waals surface area contributed by atoms with Crippen LogP contribution in [0.4, 0.5) is 0 Å². The Morgan fingerprint density at radius 1 is 1.46 bits per heavy atom. The van der Waals surface area contributed by atoms with Crippen molar-refractivity contribution >= 4 is 45.4 Å². The molecular weight excluding hydrogens is 445 g/mol. The molecule has 1 aliphatic heterocycles. The number of hydrogen-bond acceptors (Lipinski definition) is 4. The second-order valence-electron chi connectivity index (χ2n) is 5.79. The van der Waals surface area contributed by atoms with Gasteiger partial charge in [-0.25, -0.2) is 4.79 Å². The number of nitrogens with zero attached hydrogens (tertiary/aromatic N) is 1. The van der Waals surface area contributed by atoms with Gasteiger partial charge in [0, 0.05) is 34.1 Å². The Balaban J connectivity index is 1.70. The van der Waals surface area contributed by atoms with Gasteiger partial charge in [-0.15, -0.1) is 0 Å². The lowest BCUT2D eigenvalue weighted by Gasteiger charge is -2.03. The summed E-state index contributed by atoms with van der Waals surface area (Å²) in [5, 5.41) is 1.05. The fourth-order valence-corrected chi connectivity index (χ4v) is 3.58. The average molecular weight is 463 g/mol. The molecule has 1 aliphatic rings. The Morgan fingerprint density at radius 2 is 2.31 bits per heavy atom. The molecule has 3 rings (SSSR count). The Hall–Kier alpha value is -2.27. The van der Waals surface area contributed by atoms with Crippen LogP contribution in [-0.2, 0) is 20.8 Å². The third-order valence-corrected chi connectivity index (χ3v) is 4.80. The number of ether oxygens (including phenoxy) is 2. The van der Waals surface area contributed by atoms with E-state index in [2.05, 4.69) is 34.4 Å². The van der Waals surface area contributed by atoms with Crippen molar-refractivity contribution in [2.45, 2.75) is 32.7 Å². The Kier molecular flexibility index (Phi) is 5.99. The lowest BCUT2D eigenvalue weighted by molar-refractivity contribution is -0.143. The number of cyclic esters (lactones) is 1. The number of carbonyl (C=O) groups is 2. The van der Waals surface area contributed by atoms with E-state index in [1.807, 2.05) is 22.9 Å². The predicted molar refractivity (Wildman–Crippen MR) is 106 cm³/mol. The van der Waals surface area contributed by atoms with Gasteiger partial charge in [-0.05, 0) is 42.0 Å². The first-order valence-corrected chi connectivity index (χ1v) is 9.50. The zero-order valence-electron chi connectivity index (χ0n) is 14.4. The molecule has 2 heterocycles. The van der Waals surface area contributed by atoms with Crippen molar-refractivity contribution in [3.63, 3.8) is 0 Å². The molecule has 0 saturated carbocycles. The van der Waals surface area contributed by atoms with E-state index in [4.69, 9.17) is 9.47 Å². The quantitative estimate of drug-likeness (QED) is 0.297. The molecule has 1 aromatic carbocycles. The number of hydrogen-bond donors (Lipinski definition) is 0. The fourth-order valence-electron chi connectivity index (χ4n) is 2.81. The molecule has 134 valence electrons. The number of rotatable bonds is 4. The molecule has 0 aliphatic carbocycles. The van der Waals surface area contributed by atoms with Crippen LogP contribution in [0.1, 0.15) is 36.5 Å². The number of carbonyl (C=O) groups excluding carboxylic acids is 2. The van der Waals surface area contributed by atoms with E-state index in [9.17, 15) is 9.59 Å². The summed E-state index contributed by atoms with van der Waals surface area (Å²) in [6.45, 7) is 2.64. The van der Waals surface area contributed by atoms with Gasteiger partial charge in [0.2, 0.25) is 0 Å². The summed E-state index contributed by atoms with van der Waals surface area (Å²) in [5.41, 5.74) is 1.46. The first-order chi connectivity index (χ1) is 12.6. The molecule has 0 atom stereocenters. The number of unbranched alkanes of at least 4 members (excludes halogenated alkanes) is 1. The van der Waals surface area contributed by atoms with Crippen molar-refractivity contribution in [1.82, 2.24) is 4.57 Å². The van der Waals surface area contributed by atoms with E-state index >= 15 is 0 Å². The predicted octanol–water partition coefficient (Wildman–Crippen LogP) is 4.04. The number of allylic oxidation sites excluding steroid dienone is 2. The molecule has 26 heavy (non-hydrogen) atoms. The van der Waals surface area contributed by atoms with Gasteiger partial charge in [-0.3, -0.25) is 4.79 Å². The number of aromatic nitrogens is 1. The van der Waals surface area contributed by atoms with Crippen molar-refractivity contribution < 1.29 is 19.1 Å². The summed E-state index contributed by atoms with van der Waals surface area (Å²) in [5.74, 6) is 5.85. The Labute approximate surface area is 165 Å². The molecule has 5 nitrogen and oxygen atoms in total. The third-order valence-electron chi connectivity index (χ3n) is 3.94. The van der Waals surface area contributed by atoms with E-state index in [-0.39, 0.29) is 11.9 Å². The molecule has 0 fully saturated rings. The van der Waals surface area contributed by atoms with Crippen LogP contribution in [0.5, 0.6) is 0 Å². The van der Waals surface area contributed by atoms with Crippen LogP contribution in [-0.4, -0.2) is 23.1 Å². The van der Waals surface area contributed by atoms with Crippen LogP contribution in [0.2, 0.25) is 0 Å². The molecule has 2 aromatic rings. The van der Waals surface area contributed by atoms with E-state index < -0.39 is 0 Å². The number of para-hydroxylation sites is 1. The molecule has 0 N–H and O–H groups in total. The van der Waals surface area contributed by atoms with E-state index in [1.165, 1.54) is 0 Å². The van der Waals surface area contributed by atoms with Crippen molar-refractivity contribution in [3.8, 4) is 11.8 Å². The molecule has 0 saturated heterocycles. The standard InChI is InChI=1S/C20H18INO4/c1-2-25-18(23)11-6-4-3-5-8-14-12-22-13-17(21)15-9-7-10-16(19(15)22)20(24)26-14/h7-10,13H,2,4,6,11-12H2,1H3/b14-8+. The third kappa shape index (κ3) is 4.10. The minimum absolute atomic E-state index is 0.200. The van der Waals surface area contributed by atoms with Crippen LogP contribution >= 0.6 is 22.6 Å². The molecular formula is C20H18INO4. The zero-order chi connectivity index (χ0) is 18.5. The molecule has 0 radical (unpaired) electrons. The van der Waals surface area contributed by atoms with Gasteiger partial charge in [0.05, 0.1) is 24.2 Å². The van der Waals surface area contributed by atoms with Gasteiger partial charge >= 0.3 is 11.9 Å². The van der Waals surface area contributed by atoms with Gasteiger partial charge in [-0.2, -0.15) is 0 Å². The maximum absolute atomic E-state index is 12.4. The lowest BCUT2D eigenvalue weighted by atomic mass is 10.1. The minimum Gasteiger partial charge on any atom is -0.466 e. The molecule has 6 heteroatoms. The van der Waals surface area contributed by atoms with Crippen molar-refractivity contribution in [2.24, 2.45) is 0 Å². The van der Waals surface area contributed by atoms with Gasteiger partial charge in [0.1, 0.15) is 5.76 Å². The van der Waals surface area contributed by atoms with Crippen LogP contribution < -0.4 is 0 Å². The van der Waals surface area contributed by atoms with Crippen molar-refractivity contribution in [3.05, 3.63) is 45.4 Å². The summed E-state index contributed by atoms with van der Waals surface area (Å²) in [6, 6.07) is 5.65. The van der Waals surface area contributed by atoms with Crippen LogP contribution in [0.3, 0.4) is 0 Å². The summed E-state index contributed by atoms with van der Waals surface area (Å²) >= 11 is 2.27. The highest BCUT2D eigenvalue weighted by Crippen LogP contribution is 2.30. The summed E-state index contributed by atoms with van der Waals surface area (Å²) in [7, 11) is 0. The lowest BCUT2D eigenvalue weighted by Crippen LogP contribution is -2.04. The zero-order valence-corrected chi connectivity index (χ0v) is 16.5. The summed E-state index contributed by atoms with van der Waals surface area (Å²) < 4.78 is 13.5. The normalized spacial score (nSPS) is 14.5. The Bertz CT molecular complexity index is 946. The first kappa shape index (κ1) is 18.5. The largest absolute Gasteiger partial charge is 0.466 e. The molecule has 0 unspecified atom stereocenters. The number of benzene rings is 1. The molecule has 1 aromatic heterocycles. The van der Waals surface area contributed by atoms with E-state index in [0.29, 0.717) is 43.7 Å². The highest BCUT2D eigenvalue weighted by atomic mass is 127. The van der Waals surface area contributed by atoms with Crippen LogP contribution in [0.15, 0.2) is 36.2 Å². The second-order valence-corrected chi connectivity index (χ2v) is 6.95. The van der Waals surface area contributed by atoms with Gasteiger partial charge in [0.25, 0.3) is 0 Å². The maximum atomic E-state index is 12.4. The minimum atomic E-state index is -0.362. The van der Waals surface area contributed by atoms with E-state index in [1.54, 1.807) is 19.1 Å². The highest BCUT2D eigenvalue weighted by Gasteiger charge is 2.22. The Morgan fingerprint density at radius 3 is 3.12 bits per heavy atom. The number of esters is 2. The highest BCUT2D eigenvalue weighted by molar-refractivity contribution is 14.1. The van der Waals surface area contributed by atoms with Crippen LogP contribution in [0.25, 0.3) is 10.9 Å². The van der Waals surface area contributed by atoms with Crippen molar-refractivity contribution in [1.29, 1.82) is 0 Å². The average Bonchev–Trinajstić information content (AvgIpc) is 2.86. The van der Waals surface area contributed by atoms with E-state index in [0.717, 1.165) is 14.5 Å². The van der Waals surface area contributed by atoms with Gasteiger partial charge < -0.3 is 14.0 Å². The molecule has 0 spiro atoms. The SMILES string of the molecule is CCOC(=O)CCCC#C/C=C1\Cn2cc(I)c3cccc(c32)C(=O)O1. The topological polar surface area (TPSA) is 57.5 Å². The molecule has 0 bridgehead atoms. The summed E-state index contributed by atoms with van der Waals surface area (Å²) in [6.07, 6.45) is 5.24. The first-order valence-electron chi connectivity index (χ1n) is 8.42. The number of halogens is 1. The second kappa shape index (κ2) is 8.41. The van der Waals surface area contributed by atoms with Crippen LogP contribution in [0, 0.1) is 15.4 Å². The maximum Gasteiger partial charge on any atom is 0.345 e. The van der Waals surface area contributed by atoms with Crippen molar-refractivity contribution in [2.75, 3.05) is 6.61 Å². The monoisotopic (exact) mass is 463 g/mol. The molecule has 0 amide bonds. The summed E-state index contributed by atoms with van der Waals surface area (Å²) in [4.78, 5) is 23.7. The van der Waals surface area contributed by atoms with Gasteiger partial charge in [0.15, 0.2) is 0 Å². The van der Waals surface area contributed by atoms with Gasteiger partial charge in [-0.1, -0.05) is 24.0 Å². The smallest absolute Gasteiger partial charge is 0.345 e. The fraction of sp³-hybridized carbons (Fsp3) is 0.300.